The molecule has 0 radical (unpaired) electrons. The summed E-state index contributed by atoms with van der Waals surface area (Å²) >= 11 is 1.62. The van der Waals surface area contributed by atoms with Crippen molar-refractivity contribution in [2.45, 2.75) is 42.7 Å². The normalized spacial score (nSPS) is 22.1. The molecule has 1 aromatic heterocycles. The number of hydrogen-bond acceptors (Lipinski definition) is 4. The van der Waals surface area contributed by atoms with Gasteiger partial charge in [0.05, 0.1) is 29.3 Å². The van der Waals surface area contributed by atoms with Crippen LogP contribution in [0.3, 0.4) is 0 Å². The van der Waals surface area contributed by atoms with E-state index in [-0.39, 0.29) is 11.4 Å². The van der Waals surface area contributed by atoms with Gasteiger partial charge < -0.3 is 10.1 Å². The Morgan fingerprint density at radius 3 is 2.55 bits per heavy atom. The highest BCUT2D eigenvalue weighted by atomic mass is 32.2. The first-order valence-corrected chi connectivity index (χ1v) is 8.30. The summed E-state index contributed by atoms with van der Waals surface area (Å²) in [5.41, 5.74) is 1.26. The Kier molecular flexibility index (Phi) is 3.29. The van der Waals surface area contributed by atoms with Gasteiger partial charge in [-0.15, -0.1) is 11.8 Å². The Hall–Kier alpha value is -1.07. The predicted molar refractivity (Wildman–Crippen MR) is 78.9 cm³/mol. The van der Waals surface area contributed by atoms with Gasteiger partial charge in [-0.2, -0.15) is 0 Å². The number of fused-ring (bicyclic) bond motifs is 2. The lowest BCUT2D eigenvalue weighted by Gasteiger charge is -2.50. The van der Waals surface area contributed by atoms with Gasteiger partial charge in [0.25, 0.3) is 0 Å². The van der Waals surface area contributed by atoms with Gasteiger partial charge in [-0.25, -0.2) is 4.98 Å². The van der Waals surface area contributed by atoms with Crippen LogP contribution in [0.15, 0.2) is 17.2 Å². The second-order valence-corrected chi connectivity index (χ2v) is 6.39. The van der Waals surface area contributed by atoms with Crippen LogP contribution in [0.2, 0.25) is 0 Å². The van der Waals surface area contributed by atoms with Crippen LogP contribution in [-0.4, -0.2) is 30.4 Å². The highest BCUT2D eigenvalue weighted by molar-refractivity contribution is 7.98. The molecule has 20 heavy (non-hydrogen) atoms. The fourth-order valence-electron chi connectivity index (χ4n) is 3.26. The number of nitrogens with one attached hydrogen (secondary N) is 1. The summed E-state index contributed by atoms with van der Waals surface area (Å²) in [5, 5.41) is 4.18. The van der Waals surface area contributed by atoms with Gasteiger partial charge in [-0.1, -0.05) is 19.9 Å². The van der Waals surface area contributed by atoms with Crippen molar-refractivity contribution in [1.82, 2.24) is 10.3 Å². The highest BCUT2D eigenvalue weighted by Crippen LogP contribution is 2.45. The zero-order valence-corrected chi connectivity index (χ0v) is 13.0. The lowest BCUT2D eigenvalue weighted by Crippen LogP contribution is -2.67. The molecule has 5 heteroatoms. The Labute approximate surface area is 123 Å². The number of hydrogen-bond donors (Lipinski definition) is 1. The third kappa shape index (κ3) is 1.66. The smallest absolute Gasteiger partial charge is 0.233 e. The first kappa shape index (κ1) is 13.9. The number of amides is 1. The number of rotatable bonds is 3. The van der Waals surface area contributed by atoms with Crippen LogP contribution in [0.1, 0.15) is 37.9 Å². The van der Waals surface area contributed by atoms with Gasteiger partial charge in [-0.05, 0) is 25.2 Å². The zero-order valence-electron chi connectivity index (χ0n) is 12.2. The van der Waals surface area contributed by atoms with E-state index < -0.39 is 5.41 Å². The fraction of sp³-hybridized carbons (Fsp3) is 0.600. The van der Waals surface area contributed by atoms with Gasteiger partial charge in [0.15, 0.2) is 0 Å². The molecule has 0 aliphatic carbocycles. The average molecular weight is 292 g/mol. The topological polar surface area (TPSA) is 51.2 Å². The van der Waals surface area contributed by atoms with Gasteiger partial charge in [-0.3, -0.25) is 4.79 Å². The van der Waals surface area contributed by atoms with E-state index in [1.807, 2.05) is 12.3 Å². The number of thioether (sulfide) groups is 1. The summed E-state index contributed by atoms with van der Waals surface area (Å²) < 4.78 is 5.37. The molecule has 2 aliphatic rings. The van der Waals surface area contributed by atoms with E-state index in [9.17, 15) is 4.79 Å². The number of carbonyl (C=O) groups excluding carboxylic acids is 1. The Bertz CT molecular complexity index is 551. The predicted octanol–water partition coefficient (Wildman–Crippen LogP) is 2.22. The molecule has 0 atom stereocenters. The number of nitrogens with zero attached hydrogens (tertiary/aromatic N) is 1. The minimum atomic E-state index is -0.498. The molecule has 3 heterocycles. The van der Waals surface area contributed by atoms with Gasteiger partial charge >= 0.3 is 0 Å². The fourth-order valence-corrected chi connectivity index (χ4v) is 3.64. The van der Waals surface area contributed by atoms with Crippen molar-refractivity contribution in [3.05, 3.63) is 23.4 Å². The SMILES string of the molecule is CCC1(CC)C(=O)NC2(COC2)c2ccc(SC)nc21. The van der Waals surface area contributed by atoms with Crippen LogP contribution in [0, 0.1) is 0 Å². The van der Waals surface area contributed by atoms with Gasteiger partial charge in [0.1, 0.15) is 5.54 Å². The van der Waals surface area contributed by atoms with Crippen molar-refractivity contribution < 1.29 is 9.53 Å². The molecule has 0 aromatic carbocycles. The molecule has 1 aromatic rings. The number of pyridine rings is 1. The van der Waals surface area contributed by atoms with E-state index in [1.54, 1.807) is 11.8 Å². The van der Waals surface area contributed by atoms with Crippen LogP contribution in [0.4, 0.5) is 0 Å². The summed E-state index contributed by atoms with van der Waals surface area (Å²) in [6.45, 7) is 5.23. The lowest BCUT2D eigenvalue weighted by atomic mass is 9.68. The quantitative estimate of drug-likeness (QED) is 0.868. The molecule has 1 amide bonds. The molecular formula is C15H20N2O2S. The highest BCUT2D eigenvalue weighted by Gasteiger charge is 2.54. The Balaban J connectivity index is 2.23. The Morgan fingerprint density at radius 1 is 1.35 bits per heavy atom. The molecule has 1 spiro atoms. The summed E-state index contributed by atoms with van der Waals surface area (Å²) in [7, 11) is 0. The molecule has 1 N–H and O–H groups in total. The van der Waals surface area contributed by atoms with E-state index in [0.717, 1.165) is 29.1 Å². The molecule has 0 saturated carbocycles. The van der Waals surface area contributed by atoms with Gasteiger partial charge in [0, 0.05) is 5.56 Å². The monoisotopic (exact) mass is 292 g/mol. The largest absolute Gasteiger partial charge is 0.376 e. The van der Waals surface area contributed by atoms with Crippen molar-refractivity contribution in [1.29, 1.82) is 0 Å². The van der Waals surface area contributed by atoms with Crippen LogP contribution >= 0.6 is 11.8 Å². The van der Waals surface area contributed by atoms with Crippen LogP contribution in [-0.2, 0) is 20.5 Å². The maximum absolute atomic E-state index is 12.7. The van der Waals surface area contributed by atoms with Crippen molar-refractivity contribution in [3.8, 4) is 0 Å². The number of aromatic nitrogens is 1. The van der Waals surface area contributed by atoms with Crippen LogP contribution < -0.4 is 5.32 Å². The van der Waals surface area contributed by atoms with Crippen LogP contribution in [0.25, 0.3) is 0 Å². The maximum atomic E-state index is 12.7. The minimum absolute atomic E-state index is 0.101. The molecule has 0 bridgehead atoms. The van der Waals surface area contributed by atoms with Crippen molar-refractivity contribution >= 4 is 17.7 Å². The second-order valence-electron chi connectivity index (χ2n) is 5.57. The van der Waals surface area contributed by atoms with Gasteiger partial charge in [0.2, 0.25) is 5.91 Å². The number of ether oxygens (including phenoxy) is 1. The summed E-state index contributed by atoms with van der Waals surface area (Å²) in [6.07, 6.45) is 3.55. The molecule has 0 unspecified atom stereocenters. The molecule has 1 fully saturated rings. The van der Waals surface area contributed by atoms with E-state index >= 15 is 0 Å². The van der Waals surface area contributed by atoms with E-state index in [1.165, 1.54) is 0 Å². The van der Waals surface area contributed by atoms with Crippen molar-refractivity contribution in [2.75, 3.05) is 19.5 Å². The minimum Gasteiger partial charge on any atom is -0.376 e. The lowest BCUT2D eigenvalue weighted by molar-refractivity contribution is -0.143. The van der Waals surface area contributed by atoms with Crippen molar-refractivity contribution in [2.24, 2.45) is 0 Å². The van der Waals surface area contributed by atoms with E-state index in [0.29, 0.717) is 13.2 Å². The number of carbonyl (C=O) groups is 1. The standard InChI is InChI=1S/C15H20N2O2S/c1-4-14(5-2)12-10(6-7-11(16-12)20-3)15(8-19-9-15)17-13(14)18/h6-7H,4-5,8-9H2,1-3H3,(H,17,18). The molecule has 108 valence electrons. The first-order valence-electron chi connectivity index (χ1n) is 7.08. The van der Waals surface area contributed by atoms with Crippen LogP contribution in [0.5, 0.6) is 0 Å². The maximum Gasteiger partial charge on any atom is 0.233 e. The first-order chi connectivity index (χ1) is 9.62. The Morgan fingerprint density at radius 2 is 2.05 bits per heavy atom. The second kappa shape index (κ2) is 4.74. The van der Waals surface area contributed by atoms with E-state index in [4.69, 9.17) is 9.72 Å². The summed E-state index contributed by atoms with van der Waals surface area (Å²) in [4.78, 5) is 17.5. The zero-order chi connectivity index (χ0) is 14.4. The van der Waals surface area contributed by atoms with E-state index in [2.05, 4.69) is 25.2 Å². The summed E-state index contributed by atoms with van der Waals surface area (Å²) in [6, 6.07) is 4.16. The molecule has 1 saturated heterocycles. The molecular weight excluding hydrogens is 272 g/mol. The third-order valence-corrected chi connectivity index (χ3v) is 5.38. The average Bonchev–Trinajstić information content (AvgIpc) is 2.44. The third-order valence-electron chi connectivity index (χ3n) is 4.74. The van der Waals surface area contributed by atoms with Crippen molar-refractivity contribution in [3.63, 3.8) is 0 Å². The summed E-state index contributed by atoms with van der Waals surface area (Å²) in [5.74, 6) is 0.101. The molecule has 4 nitrogen and oxygen atoms in total. The molecule has 3 rings (SSSR count). The molecule has 2 aliphatic heterocycles.